The van der Waals surface area contributed by atoms with E-state index < -0.39 is 0 Å². The second kappa shape index (κ2) is 6.72. The third-order valence-corrected chi connectivity index (χ3v) is 5.77. The molecule has 4 rings (SSSR count). The van der Waals surface area contributed by atoms with Gasteiger partial charge in [0.2, 0.25) is 0 Å². The van der Waals surface area contributed by atoms with Gasteiger partial charge in [0.25, 0.3) is 0 Å². The molecule has 0 N–H and O–H groups in total. The zero-order valence-corrected chi connectivity index (χ0v) is 16.3. The largest absolute Gasteiger partial charge is 0.496 e. The molecule has 5 heteroatoms. The first kappa shape index (κ1) is 17.0. The Bertz CT molecular complexity index is 978. The van der Waals surface area contributed by atoms with Crippen LogP contribution in [0.25, 0.3) is 22.5 Å². The molecule has 0 amide bonds. The molecule has 1 aliphatic rings. The van der Waals surface area contributed by atoms with Crippen molar-refractivity contribution in [2.45, 2.75) is 25.5 Å². The maximum absolute atomic E-state index is 5.43. The van der Waals surface area contributed by atoms with Crippen LogP contribution in [0.15, 0.2) is 41.6 Å². The van der Waals surface area contributed by atoms with Crippen LogP contribution in [0.2, 0.25) is 0 Å². The molecule has 2 aromatic carbocycles. The number of methoxy groups -OCH3 is 2. The van der Waals surface area contributed by atoms with E-state index in [-0.39, 0.29) is 0 Å². The van der Waals surface area contributed by atoms with Gasteiger partial charge in [-0.15, -0.1) is 0 Å². The minimum atomic E-state index is 0.900. The summed E-state index contributed by atoms with van der Waals surface area (Å²) in [6, 6.07) is 12.6. The van der Waals surface area contributed by atoms with Gasteiger partial charge in [-0.3, -0.25) is 0 Å². The first-order valence-corrected chi connectivity index (χ1v) is 9.64. The van der Waals surface area contributed by atoms with Crippen LogP contribution in [0.5, 0.6) is 11.5 Å². The van der Waals surface area contributed by atoms with Gasteiger partial charge in [0.1, 0.15) is 11.5 Å². The molecule has 3 aromatic rings. The van der Waals surface area contributed by atoms with Gasteiger partial charge in [-0.1, -0.05) is 11.8 Å². The maximum Gasteiger partial charge on any atom is 0.169 e. The van der Waals surface area contributed by atoms with E-state index in [1.807, 2.05) is 23.9 Å². The molecule has 0 saturated carbocycles. The molecule has 0 spiro atoms. The van der Waals surface area contributed by atoms with E-state index in [0.29, 0.717) is 0 Å². The monoisotopic (exact) mass is 366 g/mol. The standard InChI is InChI=1S/C21H22N2O2S/c1-13-11-15(5-7-17(13)24-3)19-20(23-9-10-26-21(23)22-19)16-6-8-18(25-4)14(2)12-16/h5-8,11-12H,9-10H2,1-4H3. The van der Waals surface area contributed by atoms with E-state index in [1.165, 1.54) is 11.3 Å². The smallest absolute Gasteiger partial charge is 0.169 e. The molecule has 0 saturated heterocycles. The summed E-state index contributed by atoms with van der Waals surface area (Å²) < 4.78 is 13.2. The predicted octanol–water partition coefficient (Wildman–Crippen LogP) is 4.96. The van der Waals surface area contributed by atoms with Gasteiger partial charge in [-0.05, 0) is 61.4 Å². The number of fused-ring (bicyclic) bond motifs is 1. The van der Waals surface area contributed by atoms with Crippen LogP contribution >= 0.6 is 11.8 Å². The van der Waals surface area contributed by atoms with E-state index in [9.17, 15) is 0 Å². The zero-order valence-electron chi connectivity index (χ0n) is 15.5. The number of nitrogens with zero attached hydrogens (tertiary/aromatic N) is 2. The number of hydrogen-bond acceptors (Lipinski definition) is 4. The number of hydrogen-bond donors (Lipinski definition) is 0. The van der Waals surface area contributed by atoms with Gasteiger partial charge in [0, 0.05) is 23.4 Å². The fourth-order valence-corrected chi connectivity index (χ4v) is 4.47. The third kappa shape index (κ3) is 2.76. The molecule has 0 radical (unpaired) electrons. The van der Waals surface area contributed by atoms with Gasteiger partial charge < -0.3 is 14.0 Å². The highest BCUT2D eigenvalue weighted by Gasteiger charge is 2.24. The van der Waals surface area contributed by atoms with Gasteiger partial charge >= 0.3 is 0 Å². The van der Waals surface area contributed by atoms with E-state index in [2.05, 4.69) is 42.7 Å². The normalized spacial score (nSPS) is 12.9. The van der Waals surface area contributed by atoms with Crippen LogP contribution in [-0.4, -0.2) is 29.5 Å². The molecule has 26 heavy (non-hydrogen) atoms. The molecule has 0 bridgehead atoms. The molecule has 1 aliphatic heterocycles. The second-order valence-electron chi connectivity index (χ2n) is 6.46. The second-order valence-corrected chi connectivity index (χ2v) is 7.52. The average molecular weight is 366 g/mol. The van der Waals surface area contributed by atoms with Gasteiger partial charge in [0.05, 0.1) is 25.6 Å². The van der Waals surface area contributed by atoms with E-state index >= 15 is 0 Å². The SMILES string of the molecule is COc1ccc(-c2nc3n(c2-c2ccc(OC)c(C)c2)CCS3)cc1C. The molecule has 4 nitrogen and oxygen atoms in total. The summed E-state index contributed by atoms with van der Waals surface area (Å²) in [5.74, 6) is 2.88. The molecule has 1 aromatic heterocycles. The Morgan fingerprint density at radius 2 is 1.54 bits per heavy atom. The Kier molecular flexibility index (Phi) is 4.41. The molecule has 0 aliphatic carbocycles. The van der Waals surface area contributed by atoms with Crippen molar-refractivity contribution in [3.05, 3.63) is 47.5 Å². The number of rotatable bonds is 4. The minimum Gasteiger partial charge on any atom is -0.496 e. The maximum atomic E-state index is 5.43. The van der Waals surface area contributed by atoms with Crippen molar-refractivity contribution >= 4 is 11.8 Å². The number of imidazole rings is 1. The highest BCUT2D eigenvalue weighted by molar-refractivity contribution is 7.99. The Morgan fingerprint density at radius 3 is 2.15 bits per heavy atom. The van der Waals surface area contributed by atoms with Crippen LogP contribution in [0, 0.1) is 13.8 Å². The lowest BCUT2D eigenvalue weighted by Gasteiger charge is -2.12. The van der Waals surface area contributed by atoms with Crippen molar-refractivity contribution < 1.29 is 9.47 Å². The van der Waals surface area contributed by atoms with Crippen molar-refractivity contribution in [1.29, 1.82) is 0 Å². The van der Waals surface area contributed by atoms with Crippen LogP contribution < -0.4 is 9.47 Å². The fraction of sp³-hybridized carbons (Fsp3) is 0.286. The number of thioether (sulfide) groups is 1. The highest BCUT2D eigenvalue weighted by atomic mass is 32.2. The van der Waals surface area contributed by atoms with E-state index in [0.717, 1.165) is 51.3 Å². The quantitative estimate of drug-likeness (QED) is 0.654. The van der Waals surface area contributed by atoms with Crippen LogP contribution in [0.1, 0.15) is 11.1 Å². The summed E-state index contributed by atoms with van der Waals surface area (Å²) in [6.07, 6.45) is 0. The highest BCUT2D eigenvalue weighted by Crippen LogP contribution is 2.40. The van der Waals surface area contributed by atoms with Gasteiger partial charge in [0.15, 0.2) is 5.16 Å². The Hall–Kier alpha value is -2.40. The zero-order chi connectivity index (χ0) is 18.3. The van der Waals surface area contributed by atoms with Crippen LogP contribution in [0.3, 0.4) is 0 Å². The first-order chi connectivity index (χ1) is 12.6. The lowest BCUT2D eigenvalue weighted by Crippen LogP contribution is -1.98. The van der Waals surface area contributed by atoms with Crippen molar-refractivity contribution in [2.75, 3.05) is 20.0 Å². The number of aromatic nitrogens is 2. The lowest BCUT2D eigenvalue weighted by molar-refractivity contribution is 0.411. The van der Waals surface area contributed by atoms with Crippen molar-refractivity contribution in [3.63, 3.8) is 0 Å². The van der Waals surface area contributed by atoms with Crippen molar-refractivity contribution in [2.24, 2.45) is 0 Å². The lowest BCUT2D eigenvalue weighted by atomic mass is 10.0. The minimum absolute atomic E-state index is 0.900. The van der Waals surface area contributed by atoms with E-state index in [1.54, 1.807) is 14.2 Å². The van der Waals surface area contributed by atoms with Crippen molar-refractivity contribution in [1.82, 2.24) is 9.55 Å². The fourth-order valence-electron chi connectivity index (χ4n) is 3.52. The Balaban J connectivity index is 1.89. The van der Waals surface area contributed by atoms with Crippen LogP contribution in [-0.2, 0) is 6.54 Å². The molecule has 0 fully saturated rings. The Labute approximate surface area is 158 Å². The summed E-state index contributed by atoms with van der Waals surface area (Å²) in [4.78, 5) is 4.96. The predicted molar refractivity (Wildman–Crippen MR) is 106 cm³/mol. The van der Waals surface area contributed by atoms with Gasteiger partial charge in [-0.2, -0.15) is 0 Å². The summed E-state index contributed by atoms with van der Waals surface area (Å²) >= 11 is 1.82. The number of ether oxygens (including phenoxy) is 2. The molecule has 134 valence electrons. The molecule has 0 atom stereocenters. The van der Waals surface area contributed by atoms with E-state index in [4.69, 9.17) is 14.5 Å². The molecule has 2 heterocycles. The molecule has 0 unspecified atom stereocenters. The summed E-state index contributed by atoms with van der Waals surface area (Å²) in [5, 5.41) is 1.09. The third-order valence-electron chi connectivity index (χ3n) is 4.82. The summed E-state index contributed by atoms with van der Waals surface area (Å²) in [7, 11) is 3.41. The number of aryl methyl sites for hydroxylation is 2. The van der Waals surface area contributed by atoms with Crippen LogP contribution in [0.4, 0.5) is 0 Å². The Morgan fingerprint density at radius 1 is 0.923 bits per heavy atom. The molecular formula is C21H22N2O2S. The molecular weight excluding hydrogens is 344 g/mol. The average Bonchev–Trinajstić information content (AvgIpc) is 3.22. The van der Waals surface area contributed by atoms with Crippen molar-refractivity contribution in [3.8, 4) is 34.0 Å². The summed E-state index contributed by atoms with van der Waals surface area (Å²) in [6.45, 7) is 5.14. The van der Waals surface area contributed by atoms with Gasteiger partial charge in [-0.25, -0.2) is 4.98 Å². The summed E-state index contributed by atoms with van der Waals surface area (Å²) in [5.41, 5.74) is 6.75. The first-order valence-electron chi connectivity index (χ1n) is 8.65. The number of benzene rings is 2. The topological polar surface area (TPSA) is 36.3 Å².